The van der Waals surface area contributed by atoms with Crippen LogP contribution in [0.4, 0.5) is 0 Å². The Morgan fingerprint density at radius 3 is 2.60 bits per heavy atom. The second-order valence-electron chi connectivity index (χ2n) is 7.64. The normalized spacial score (nSPS) is 19.8. The monoisotopic (exact) mass is 455 g/mol. The Morgan fingerprint density at radius 1 is 0.900 bits per heavy atom. The average molecular weight is 456 g/mol. The Labute approximate surface area is 183 Å². The van der Waals surface area contributed by atoms with Gasteiger partial charge in [-0.1, -0.05) is 52.3 Å². The maximum Gasteiger partial charge on any atom is 0.213 e. The quantitative estimate of drug-likeness (QED) is 0.359. The first-order valence-corrected chi connectivity index (χ1v) is 10.8. The van der Waals surface area contributed by atoms with Gasteiger partial charge >= 0.3 is 0 Å². The number of benzene rings is 3. The standard InChI is InChI=1S/C25H18BrN3O/c26-20-7-8-24-21(14-20)23-15-22(19-6-5-16-3-1-2-4-18(16)13-19)28-29(23)25(30-24)17-9-11-27-12-10-17/h1-14,23,25H,15H2/t23-,25+/m1/s1. The minimum Gasteiger partial charge on any atom is -0.464 e. The van der Waals surface area contributed by atoms with Crippen LogP contribution in [0.1, 0.15) is 35.4 Å². The number of hydrazone groups is 1. The van der Waals surface area contributed by atoms with E-state index in [1.54, 1.807) is 12.4 Å². The van der Waals surface area contributed by atoms with E-state index in [1.165, 1.54) is 10.8 Å². The Balaban J connectivity index is 1.46. The van der Waals surface area contributed by atoms with Gasteiger partial charge in [0.2, 0.25) is 6.23 Å². The molecule has 0 bridgehead atoms. The van der Waals surface area contributed by atoms with Crippen molar-refractivity contribution in [2.24, 2.45) is 5.10 Å². The molecule has 0 fully saturated rings. The average Bonchev–Trinajstić information content (AvgIpc) is 3.25. The number of hydrogen-bond donors (Lipinski definition) is 0. The van der Waals surface area contributed by atoms with Crippen molar-refractivity contribution in [3.05, 3.63) is 106 Å². The van der Waals surface area contributed by atoms with Gasteiger partial charge in [-0.05, 0) is 52.7 Å². The summed E-state index contributed by atoms with van der Waals surface area (Å²) in [6.45, 7) is 0. The fraction of sp³-hybridized carbons (Fsp3) is 0.120. The largest absolute Gasteiger partial charge is 0.464 e. The van der Waals surface area contributed by atoms with Gasteiger partial charge < -0.3 is 4.74 Å². The molecule has 3 aromatic carbocycles. The second-order valence-corrected chi connectivity index (χ2v) is 8.56. The molecule has 0 saturated heterocycles. The SMILES string of the molecule is Brc1ccc2c(c1)[C@H]1CC(c3ccc4ccccc4c3)=NN1[C@H](c1ccncc1)O2. The van der Waals surface area contributed by atoms with Crippen molar-refractivity contribution in [3.63, 3.8) is 0 Å². The lowest BCUT2D eigenvalue weighted by atomic mass is 9.95. The van der Waals surface area contributed by atoms with E-state index in [0.717, 1.165) is 39.0 Å². The summed E-state index contributed by atoms with van der Waals surface area (Å²) in [5, 5.41) is 9.64. The molecule has 3 heterocycles. The number of halogens is 1. The predicted molar refractivity (Wildman–Crippen MR) is 121 cm³/mol. The van der Waals surface area contributed by atoms with Crippen molar-refractivity contribution in [3.8, 4) is 5.75 Å². The van der Waals surface area contributed by atoms with Crippen LogP contribution in [-0.2, 0) is 0 Å². The predicted octanol–water partition coefficient (Wildman–Crippen LogP) is 6.24. The third-order valence-corrected chi connectivity index (χ3v) is 6.32. The Morgan fingerprint density at radius 2 is 1.73 bits per heavy atom. The minimum atomic E-state index is -0.273. The van der Waals surface area contributed by atoms with Crippen LogP contribution < -0.4 is 4.74 Å². The molecule has 0 N–H and O–H groups in total. The van der Waals surface area contributed by atoms with Gasteiger partial charge in [0.25, 0.3) is 0 Å². The summed E-state index contributed by atoms with van der Waals surface area (Å²) < 4.78 is 7.46. The van der Waals surface area contributed by atoms with Gasteiger partial charge in [-0.15, -0.1) is 0 Å². The van der Waals surface area contributed by atoms with E-state index in [0.29, 0.717) is 0 Å². The number of ether oxygens (including phenoxy) is 1. The molecule has 2 atom stereocenters. The van der Waals surface area contributed by atoms with Crippen molar-refractivity contribution in [2.45, 2.75) is 18.7 Å². The molecule has 5 heteroatoms. The van der Waals surface area contributed by atoms with Gasteiger partial charge in [0.05, 0.1) is 11.8 Å². The van der Waals surface area contributed by atoms with Gasteiger partial charge in [-0.2, -0.15) is 5.10 Å². The van der Waals surface area contributed by atoms with Crippen LogP contribution >= 0.6 is 15.9 Å². The summed E-state index contributed by atoms with van der Waals surface area (Å²) in [6.07, 6.45) is 4.17. The van der Waals surface area contributed by atoms with E-state index in [1.807, 2.05) is 24.3 Å². The van der Waals surface area contributed by atoms with Crippen LogP contribution in [0.2, 0.25) is 0 Å². The molecule has 1 aromatic heterocycles. The smallest absolute Gasteiger partial charge is 0.213 e. The molecule has 146 valence electrons. The molecule has 30 heavy (non-hydrogen) atoms. The van der Waals surface area contributed by atoms with Crippen molar-refractivity contribution in [2.75, 3.05) is 0 Å². The molecule has 2 aliphatic rings. The van der Waals surface area contributed by atoms with Gasteiger partial charge in [-0.25, -0.2) is 5.01 Å². The van der Waals surface area contributed by atoms with Gasteiger partial charge in [0.15, 0.2) is 0 Å². The number of fused-ring (bicyclic) bond motifs is 4. The zero-order chi connectivity index (χ0) is 20.1. The third kappa shape index (κ3) is 2.89. The van der Waals surface area contributed by atoms with Crippen LogP contribution in [0.25, 0.3) is 10.8 Å². The van der Waals surface area contributed by atoms with E-state index in [2.05, 4.69) is 74.5 Å². The highest BCUT2D eigenvalue weighted by atomic mass is 79.9. The topological polar surface area (TPSA) is 37.7 Å². The van der Waals surface area contributed by atoms with Crippen molar-refractivity contribution < 1.29 is 4.74 Å². The van der Waals surface area contributed by atoms with E-state index in [4.69, 9.17) is 9.84 Å². The zero-order valence-corrected chi connectivity index (χ0v) is 17.7. The molecule has 0 amide bonds. The summed E-state index contributed by atoms with van der Waals surface area (Å²) in [5.74, 6) is 0.913. The molecular formula is C25H18BrN3O. The van der Waals surface area contributed by atoms with Crippen molar-refractivity contribution >= 4 is 32.4 Å². The molecule has 4 nitrogen and oxygen atoms in total. The minimum absolute atomic E-state index is 0.130. The first kappa shape index (κ1) is 17.7. The Hall–Kier alpha value is -3.18. The van der Waals surface area contributed by atoms with E-state index in [-0.39, 0.29) is 12.3 Å². The molecule has 2 aliphatic heterocycles. The van der Waals surface area contributed by atoms with Crippen LogP contribution in [0.5, 0.6) is 5.75 Å². The van der Waals surface area contributed by atoms with Crippen LogP contribution in [0, 0.1) is 0 Å². The highest BCUT2D eigenvalue weighted by Gasteiger charge is 2.41. The lowest BCUT2D eigenvalue weighted by Crippen LogP contribution is -2.33. The van der Waals surface area contributed by atoms with Crippen LogP contribution in [0.15, 0.2) is 94.8 Å². The van der Waals surface area contributed by atoms with Crippen LogP contribution in [-0.4, -0.2) is 15.7 Å². The summed E-state index contributed by atoms with van der Waals surface area (Å²) in [7, 11) is 0. The van der Waals surface area contributed by atoms with Gasteiger partial charge in [0, 0.05) is 34.4 Å². The highest BCUT2D eigenvalue weighted by molar-refractivity contribution is 9.10. The maximum absolute atomic E-state index is 6.41. The molecular weight excluding hydrogens is 438 g/mol. The Kier molecular flexibility index (Phi) is 4.09. The number of aromatic nitrogens is 1. The van der Waals surface area contributed by atoms with Gasteiger partial charge in [-0.3, -0.25) is 4.98 Å². The lowest BCUT2D eigenvalue weighted by molar-refractivity contribution is -0.0191. The maximum atomic E-state index is 6.41. The second kappa shape index (κ2) is 6.96. The van der Waals surface area contributed by atoms with Crippen molar-refractivity contribution in [1.29, 1.82) is 0 Å². The molecule has 0 radical (unpaired) electrons. The fourth-order valence-electron chi connectivity index (χ4n) is 4.35. The first-order valence-electron chi connectivity index (χ1n) is 9.97. The van der Waals surface area contributed by atoms with E-state index in [9.17, 15) is 0 Å². The molecule has 4 aromatic rings. The molecule has 0 aliphatic carbocycles. The third-order valence-electron chi connectivity index (χ3n) is 5.83. The Bertz CT molecular complexity index is 1290. The van der Waals surface area contributed by atoms with Crippen molar-refractivity contribution in [1.82, 2.24) is 9.99 Å². The highest BCUT2D eigenvalue weighted by Crippen LogP contribution is 2.48. The summed E-state index contributed by atoms with van der Waals surface area (Å²) in [6, 6.07) is 25.3. The van der Waals surface area contributed by atoms with E-state index < -0.39 is 0 Å². The first-order chi connectivity index (χ1) is 14.8. The van der Waals surface area contributed by atoms with E-state index >= 15 is 0 Å². The molecule has 0 unspecified atom stereocenters. The molecule has 0 saturated carbocycles. The number of nitrogens with zero attached hydrogens (tertiary/aromatic N) is 3. The number of rotatable bonds is 2. The summed E-state index contributed by atoms with van der Waals surface area (Å²) in [5.41, 5.74) is 4.45. The lowest BCUT2D eigenvalue weighted by Gasteiger charge is -2.38. The fourth-order valence-corrected chi connectivity index (χ4v) is 4.73. The number of pyridine rings is 1. The molecule has 6 rings (SSSR count). The zero-order valence-electron chi connectivity index (χ0n) is 16.1. The van der Waals surface area contributed by atoms with Gasteiger partial charge in [0.1, 0.15) is 5.75 Å². The van der Waals surface area contributed by atoms with Crippen LogP contribution in [0.3, 0.4) is 0 Å². The number of hydrogen-bond acceptors (Lipinski definition) is 4. The molecule has 0 spiro atoms. The summed E-state index contributed by atoms with van der Waals surface area (Å²) >= 11 is 3.61. The summed E-state index contributed by atoms with van der Waals surface area (Å²) in [4.78, 5) is 4.16.